The van der Waals surface area contributed by atoms with Crippen LogP contribution in [0.3, 0.4) is 0 Å². The third-order valence-corrected chi connectivity index (χ3v) is 2.36. The van der Waals surface area contributed by atoms with E-state index in [1.54, 1.807) is 24.3 Å². The third-order valence-electron chi connectivity index (χ3n) is 2.36. The lowest BCUT2D eigenvalue weighted by molar-refractivity contribution is -0.116. The third kappa shape index (κ3) is 12.8. The molecule has 112 valence electrons. The molecular formula is C16H25NO3. The van der Waals surface area contributed by atoms with E-state index in [2.05, 4.69) is 5.32 Å². The van der Waals surface area contributed by atoms with E-state index in [9.17, 15) is 14.7 Å². The Labute approximate surface area is 121 Å². The Hall–Kier alpha value is -1.68. The van der Waals surface area contributed by atoms with E-state index in [4.69, 9.17) is 0 Å². The molecule has 0 radical (unpaired) electrons. The first-order chi connectivity index (χ1) is 9.41. The zero-order valence-corrected chi connectivity index (χ0v) is 12.5. The highest BCUT2D eigenvalue weighted by Crippen LogP contribution is 2.00. The Morgan fingerprint density at radius 2 is 1.90 bits per heavy atom. The minimum atomic E-state index is -0.574. The summed E-state index contributed by atoms with van der Waals surface area (Å²) >= 11 is 0. The summed E-state index contributed by atoms with van der Waals surface area (Å²) in [5.41, 5.74) is 0. The van der Waals surface area contributed by atoms with E-state index >= 15 is 0 Å². The number of aliphatic hydroxyl groups excluding tert-OH is 1. The number of allylic oxidation sites excluding steroid dienone is 4. The molecule has 20 heavy (non-hydrogen) atoms. The number of hydrogen-bond acceptors (Lipinski definition) is 3. The quantitative estimate of drug-likeness (QED) is 0.502. The summed E-state index contributed by atoms with van der Waals surface area (Å²) in [7, 11) is 0. The van der Waals surface area contributed by atoms with Crippen molar-refractivity contribution in [2.75, 3.05) is 6.54 Å². The number of nitrogens with one attached hydrogen (secondary N) is 1. The molecule has 0 aromatic rings. The van der Waals surface area contributed by atoms with E-state index in [0.717, 1.165) is 0 Å². The van der Waals surface area contributed by atoms with Gasteiger partial charge in [-0.25, -0.2) is 0 Å². The lowest BCUT2D eigenvalue weighted by Gasteiger charge is -2.04. The van der Waals surface area contributed by atoms with Crippen LogP contribution < -0.4 is 5.32 Å². The number of carbonyl (C=O) groups excluding carboxylic acids is 2. The molecule has 4 nitrogen and oxygen atoms in total. The van der Waals surface area contributed by atoms with Gasteiger partial charge < -0.3 is 10.4 Å². The van der Waals surface area contributed by atoms with Gasteiger partial charge in [0.15, 0.2) is 5.78 Å². The molecule has 0 heterocycles. The molecule has 1 amide bonds. The van der Waals surface area contributed by atoms with Crippen LogP contribution in [0.4, 0.5) is 0 Å². The number of amides is 1. The summed E-state index contributed by atoms with van der Waals surface area (Å²) in [6.45, 7) is 6.20. The minimum Gasteiger partial charge on any atom is -0.389 e. The zero-order valence-electron chi connectivity index (χ0n) is 12.5. The van der Waals surface area contributed by atoms with E-state index in [0.29, 0.717) is 25.3 Å². The molecule has 0 aliphatic heterocycles. The summed E-state index contributed by atoms with van der Waals surface area (Å²) in [6, 6.07) is 0. The predicted molar refractivity (Wildman–Crippen MR) is 81.2 cm³/mol. The van der Waals surface area contributed by atoms with E-state index < -0.39 is 6.10 Å². The molecule has 1 atom stereocenters. The molecule has 0 spiro atoms. The molecule has 0 saturated carbocycles. The monoisotopic (exact) mass is 279 g/mol. The van der Waals surface area contributed by atoms with Crippen molar-refractivity contribution in [2.24, 2.45) is 5.92 Å². The highest BCUT2D eigenvalue weighted by Gasteiger charge is 1.98. The van der Waals surface area contributed by atoms with Gasteiger partial charge in [0, 0.05) is 6.54 Å². The molecular weight excluding hydrogens is 254 g/mol. The SMILES string of the molecule is CC(=O)C=CC=CC(O)CCC=CC(=O)NCC(C)C. The molecule has 1 unspecified atom stereocenters. The van der Waals surface area contributed by atoms with Gasteiger partial charge in [0.2, 0.25) is 5.91 Å². The van der Waals surface area contributed by atoms with Crippen LogP contribution in [0.15, 0.2) is 36.5 Å². The molecule has 0 saturated heterocycles. The van der Waals surface area contributed by atoms with Crippen LogP contribution in [-0.4, -0.2) is 29.4 Å². The van der Waals surface area contributed by atoms with Gasteiger partial charge in [0.05, 0.1) is 6.10 Å². The van der Waals surface area contributed by atoms with Gasteiger partial charge in [0.1, 0.15) is 0 Å². The van der Waals surface area contributed by atoms with E-state index in [1.807, 2.05) is 13.8 Å². The second-order valence-corrected chi connectivity index (χ2v) is 5.04. The minimum absolute atomic E-state index is 0.0283. The van der Waals surface area contributed by atoms with Gasteiger partial charge in [-0.1, -0.05) is 38.2 Å². The zero-order chi connectivity index (χ0) is 15.4. The molecule has 0 aliphatic rings. The van der Waals surface area contributed by atoms with Crippen LogP contribution in [-0.2, 0) is 9.59 Å². The van der Waals surface area contributed by atoms with Crippen molar-refractivity contribution in [2.45, 2.75) is 39.7 Å². The highest BCUT2D eigenvalue weighted by molar-refractivity contribution is 5.87. The highest BCUT2D eigenvalue weighted by atomic mass is 16.3. The second-order valence-electron chi connectivity index (χ2n) is 5.04. The number of ketones is 1. The van der Waals surface area contributed by atoms with Crippen LogP contribution in [0, 0.1) is 5.92 Å². The number of carbonyl (C=O) groups is 2. The van der Waals surface area contributed by atoms with Gasteiger partial charge in [0.25, 0.3) is 0 Å². The molecule has 0 rings (SSSR count). The molecule has 2 N–H and O–H groups in total. The lowest BCUT2D eigenvalue weighted by atomic mass is 10.1. The van der Waals surface area contributed by atoms with Gasteiger partial charge in [-0.15, -0.1) is 0 Å². The van der Waals surface area contributed by atoms with Crippen molar-refractivity contribution in [1.82, 2.24) is 5.32 Å². The Kier molecular flexibility index (Phi) is 10.2. The summed E-state index contributed by atoms with van der Waals surface area (Å²) in [5, 5.41) is 12.4. The molecule has 0 bridgehead atoms. The smallest absolute Gasteiger partial charge is 0.243 e. The Balaban J connectivity index is 3.82. The fraction of sp³-hybridized carbons (Fsp3) is 0.500. The average molecular weight is 279 g/mol. The van der Waals surface area contributed by atoms with E-state index in [-0.39, 0.29) is 11.7 Å². The first-order valence-corrected chi connectivity index (χ1v) is 6.89. The lowest BCUT2D eigenvalue weighted by Crippen LogP contribution is -2.25. The van der Waals surface area contributed by atoms with Crippen molar-refractivity contribution in [3.63, 3.8) is 0 Å². The normalized spacial score (nSPS) is 13.7. The van der Waals surface area contributed by atoms with Crippen LogP contribution in [0.25, 0.3) is 0 Å². The standard InChI is InChI=1S/C16H25NO3/c1-13(2)12-17-16(20)11-7-6-10-15(19)9-5-4-8-14(3)18/h4-5,7-9,11,13,15,19H,6,10,12H2,1-3H3,(H,17,20). The van der Waals surface area contributed by atoms with Gasteiger partial charge in [-0.3, -0.25) is 9.59 Å². The van der Waals surface area contributed by atoms with Gasteiger partial charge in [-0.2, -0.15) is 0 Å². The molecule has 0 aromatic carbocycles. The van der Waals surface area contributed by atoms with Crippen molar-refractivity contribution < 1.29 is 14.7 Å². The largest absolute Gasteiger partial charge is 0.389 e. The maximum atomic E-state index is 11.4. The number of hydrogen-bond donors (Lipinski definition) is 2. The number of rotatable bonds is 9. The Morgan fingerprint density at radius 3 is 2.50 bits per heavy atom. The molecule has 0 aliphatic carbocycles. The van der Waals surface area contributed by atoms with Crippen LogP contribution in [0.1, 0.15) is 33.6 Å². The molecule has 0 aromatic heterocycles. The van der Waals surface area contributed by atoms with Crippen molar-refractivity contribution in [1.29, 1.82) is 0 Å². The Morgan fingerprint density at radius 1 is 1.20 bits per heavy atom. The molecule has 0 fully saturated rings. The van der Waals surface area contributed by atoms with Crippen LogP contribution >= 0.6 is 0 Å². The maximum absolute atomic E-state index is 11.4. The average Bonchev–Trinajstić information content (AvgIpc) is 2.37. The predicted octanol–water partition coefficient (Wildman–Crippen LogP) is 2.16. The fourth-order valence-electron chi connectivity index (χ4n) is 1.30. The van der Waals surface area contributed by atoms with Crippen LogP contribution in [0.2, 0.25) is 0 Å². The van der Waals surface area contributed by atoms with Gasteiger partial charge >= 0.3 is 0 Å². The van der Waals surface area contributed by atoms with Crippen molar-refractivity contribution in [3.8, 4) is 0 Å². The van der Waals surface area contributed by atoms with E-state index in [1.165, 1.54) is 19.1 Å². The maximum Gasteiger partial charge on any atom is 0.243 e. The van der Waals surface area contributed by atoms with Crippen LogP contribution in [0.5, 0.6) is 0 Å². The number of aliphatic hydroxyl groups is 1. The molecule has 4 heteroatoms. The van der Waals surface area contributed by atoms with Crippen molar-refractivity contribution >= 4 is 11.7 Å². The summed E-state index contributed by atoms with van der Waals surface area (Å²) < 4.78 is 0. The first-order valence-electron chi connectivity index (χ1n) is 6.89. The van der Waals surface area contributed by atoms with Crippen molar-refractivity contribution in [3.05, 3.63) is 36.5 Å². The summed E-state index contributed by atoms with van der Waals surface area (Å²) in [4.78, 5) is 22.0. The Bertz CT molecular complexity index is 381. The fourth-order valence-corrected chi connectivity index (χ4v) is 1.30. The summed E-state index contributed by atoms with van der Waals surface area (Å²) in [5.74, 6) is 0.301. The first kappa shape index (κ1) is 18.3. The van der Waals surface area contributed by atoms with Gasteiger partial charge in [-0.05, 0) is 37.8 Å². The second kappa shape index (κ2) is 11.2. The topological polar surface area (TPSA) is 66.4 Å². The summed E-state index contributed by atoms with van der Waals surface area (Å²) in [6.07, 6.45) is 10.1.